The van der Waals surface area contributed by atoms with Gasteiger partial charge in [-0.1, -0.05) is 24.3 Å². The number of nitrogens with zero attached hydrogens (tertiary/aromatic N) is 1. The Bertz CT molecular complexity index is 522. The highest BCUT2D eigenvalue weighted by molar-refractivity contribution is 5.73. The van der Waals surface area contributed by atoms with Gasteiger partial charge in [-0.3, -0.25) is 9.69 Å². The van der Waals surface area contributed by atoms with Crippen molar-refractivity contribution >= 4 is 5.91 Å². The third-order valence-electron chi connectivity index (χ3n) is 4.35. The van der Waals surface area contributed by atoms with Crippen LogP contribution in [-0.2, 0) is 17.9 Å². The first-order chi connectivity index (χ1) is 11.3. The highest BCUT2D eigenvalue weighted by atomic mass is 16.3. The molecule has 0 saturated carbocycles. The summed E-state index contributed by atoms with van der Waals surface area (Å²) < 4.78 is 0. The molecule has 134 valence electrons. The minimum absolute atomic E-state index is 0.0586. The van der Waals surface area contributed by atoms with Crippen LogP contribution in [0.1, 0.15) is 44.7 Å². The van der Waals surface area contributed by atoms with Gasteiger partial charge in [0.15, 0.2) is 0 Å². The molecule has 1 aliphatic heterocycles. The molecule has 5 nitrogen and oxygen atoms in total. The predicted molar refractivity (Wildman–Crippen MR) is 96.6 cm³/mol. The lowest BCUT2D eigenvalue weighted by Gasteiger charge is -2.17. The van der Waals surface area contributed by atoms with Crippen LogP contribution in [0.4, 0.5) is 0 Å². The summed E-state index contributed by atoms with van der Waals surface area (Å²) in [5.74, 6) is 0.0586. The summed E-state index contributed by atoms with van der Waals surface area (Å²) in [6.07, 6.45) is 1.78. The maximum absolute atomic E-state index is 11.1. The average Bonchev–Trinajstić information content (AvgIpc) is 2.90. The van der Waals surface area contributed by atoms with Gasteiger partial charge < -0.3 is 15.7 Å². The van der Waals surface area contributed by atoms with Crippen LogP contribution in [-0.4, -0.2) is 47.2 Å². The molecule has 5 heteroatoms. The van der Waals surface area contributed by atoms with Crippen molar-refractivity contribution in [3.05, 3.63) is 35.4 Å². The number of rotatable bonds is 8. The first-order valence-electron chi connectivity index (χ1n) is 8.82. The standard InChI is InChI=1S/C19H31N3O2/c1-15(23)21-18-8-11-22(14-18)13-17-6-4-16(5-7-17)12-20-10-9-19(2,3)24/h4-7,18,20,24H,8-14H2,1-3H3,(H,21,23). The van der Waals surface area contributed by atoms with Crippen molar-refractivity contribution in [3.8, 4) is 0 Å². The molecule has 1 aliphatic rings. The molecule has 2 rings (SSSR count). The normalized spacial score (nSPS) is 18.8. The van der Waals surface area contributed by atoms with Gasteiger partial charge in [-0.15, -0.1) is 0 Å². The van der Waals surface area contributed by atoms with E-state index in [9.17, 15) is 9.90 Å². The summed E-state index contributed by atoms with van der Waals surface area (Å²) in [6, 6.07) is 8.97. The van der Waals surface area contributed by atoms with Crippen molar-refractivity contribution in [1.82, 2.24) is 15.5 Å². The Morgan fingerprint density at radius 1 is 1.29 bits per heavy atom. The number of hydrogen-bond donors (Lipinski definition) is 3. The Kier molecular flexibility index (Phi) is 6.78. The molecule has 1 fully saturated rings. The number of amides is 1. The molecule has 0 aliphatic carbocycles. The first-order valence-corrected chi connectivity index (χ1v) is 8.82. The Hall–Kier alpha value is -1.43. The molecule has 0 radical (unpaired) electrons. The lowest BCUT2D eigenvalue weighted by Crippen LogP contribution is -2.35. The van der Waals surface area contributed by atoms with Crippen LogP contribution in [0, 0.1) is 0 Å². The topological polar surface area (TPSA) is 64.6 Å². The number of nitrogens with one attached hydrogen (secondary N) is 2. The van der Waals surface area contributed by atoms with Gasteiger partial charge in [0.2, 0.25) is 5.91 Å². The molecule has 1 saturated heterocycles. The van der Waals surface area contributed by atoms with Crippen LogP contribution in [0.3, 0.4) is 0 Å². The first kappa shape index (κ1) is 18.9. The molecule has 1 aromatic rings. The van der Waals surface area contributed by atoms with Crippen molar-refractivity contribution in [2.45, 2.75) is 58.3 Å². The molecule has 24 heavy (non-hydrogen) atoms. The van der Waals surface area contributed by atoms with Gasteiger partial charge in [-0.05, 0) is 44.4 Å². The predicted octanol–water partition coefficient (Wildman–Crippen LogP) is 1.65. The fourth-order valence-electron chi connectivity index (χ4n) is 3.03. The molecule has 1 aromatic carbocycles. The largest absolute Gasteiger partial charge is 0.390 e. The summed E-state index contributed by atoms with van der Waals surface area (Å²) >= 11 is 0. The summed E-state index contributed by atoms with van der Waals surface area (Å²) in [7, 11) is 0. The van der Waals surface area contributed by atoms with Crippen molar-refractivity contribution in [2.24, 2.45) is 0 Å². The second-order valence-electron chi connectivity index (χ2n) is 7.48. The van der Waals surface area contributed by atoms with Gasteiger partial charge in [0, 0.05) is 39.1 Å². The van der Waals surface area contributed by atoms with E-state index in [0.717, 1.165) is 45.6 Å². The van der Waals surface area contributed by atoms with Crippen molar-refractivity contribution in [1.29, 1.82) is 0 Å². The van der Waals surface area contributed by atoms with E-state index in [0.29, 0.717) is 6.04 Å². The Morgan fingerprint density at radius 2 is 1.96 bits per heavy atom. The number of aliphatic hydroxyl groups is 1. The van der Waals surface area contributed by atoms with Gasteiger partial charge in [0.25, 0.3) is 0 Å². The lowest BCUT2D eigenvalue weighted by atomic mass is 10.1. The van der Waals surface area contributed by atoms with Crippen molar-refractivity contribution in [3.63, 3.8) is 0 Å². The van der Waals surface area contributed by atoms with E-state index >= 15 is 0 Å². The zero-order valence-corrected chi connectivity index (χ0v) is 15.1. The third-order valence-corrected chi connectivity index (χ3v) is 4.35. The molecule has 0 bridgehead atoms. The SMILES string of the molecule is CC(=O)NC1CCN(Cc2ccc(CNCCC(C)(C)O)cc2)C1. The van der Waals surface area contributed by atoms with Crippen LogP contribution in [0.15, 0.2) is 24.3 Å². The van der Waals surface area contributed by atoms with Crippen LogP contribution in [0.25, 0.3) is 0 Å². The molecular formula is C19H31N3O2. The highest BCUT2D eigenvalue weighted by Gasteiger charge is 2.22. The molecule has 1 heterocycles. The van der Waals surface area contributed by atoms with Gasteiger partial charge in [-0.2, -0.15) is 0 Å². The second kappa shape index (κ2) is 8.60. The van der Waals surface area contributed by atoms with Crippen LogP contribution >= 0.6 is 0 Å². The maximum Gasteiger partial charge on any atom is 0.217 e. The zero-order chi connectivity index (χ0) is 17.6. The maximum atomic E-state index is 11.1. The third kappa shape index (κ3) is 6.99. The Balaban J connectivity index is 1.71. The minimum Gasteiger partial charge on any atom is -0.390 e. The van der Waals surface area contributed by atoms with E-state index in [1.54, 1.807) is 6.92 Å². The molecule has 1 atom stereocenters. The van der Waals surface area contributed by atoms with Crippen LogP contribution < -0.4 is 10.6 Å². The van der Waals surface area contributed by atoms with E-state index in [2.05, 4.69) is 39.8 Å². The number of benzene rings is 1. The highest BCUT2D eigenvalue weighted by Crippen LogP contribution is 2.14. The average molecular weight is 333 g/mol. The smallest absolute Gasteiger partial charge is 0.217 e. The molecule has 1 unspecified atom stereocenters. The van der Waals surface area contributed by atoms with Gasteiger partial charge >= 0.3 is 0 Å². The van der Waals surface area contributed by atoms with Crippen LogP contribution in [0.2, 0.25) is 0 Å². The van der Waals surface area contributed by atoms with Crippen molar-refractivity contribution < 1.29 is 9.90 Å². The van der Waals surface area contributed by atoms with E-state index < -0.39 is 5.60 Å². The lowest BCUT2D eigenvalue weighted by molar-refractivity contribution is -0.119. The van der Waals surface area contributed by atoms with E-state index in [1.165, 1.54) is 11.1 Å². The second-order valence-corrected chi connectivity index (χ2v) is 7.48. The van der Waals surface area contributed by atoms with Crippen LogP contribution in [0.5, 0.6) is 0 Å². The van der Waals surface area contributed by atoms with E-state index in [1.807, 2.05) is 13.8 Å². The number of likely N-dealkylation sites (tertiary alicyclic amines) is 1. The summed E-state index contributed by atoms with van der Waals surface area (Å²) in [4.78, 5) is 13.5. The summed E-state index contributed by atoms with van der Waals surface area (Å²) in [6.45, 7) is 9.77. The number of hydrogen-bond acceptors (Lipinski definition) is 4. The number of carbonyl (C=O) groups excluding carboxylic acids is 1. The van der Waals surface area contributed by atoms with E-state index in [4.69, 9.17) is 0 Å². The molecule has 0 spiro atoms. The Labute approximate surface area is 145 Å². The van der Waals surface area contributed by atoms with Gasteiger partial charge in [0.1, 0.15) is 0 Å². The molecule has 1 amide bonds. The quantitative estimate of drug-likeness (QED) is 0.633. The molecular weight excluding hydrogens is 302 g/mol. The van der Waals surface area contributed by atoms with E-state index in [-0.39, 0.29) is 5.91 Å². The fraction of sp³-hybridized carbons (Fsp3) is 0.632. The zero-order valence-electron chi connectivity index (χ0n) is 15.1. The Morgan fingerprint density at radius 3 is 2.58 bits per heavy atom. The minimum atomic E-state index is -0.609. The fourth-order valence-corrected chi connectivity index (χ4v) is 3.03. The summed E-state index contributed by atoms with van der Waals surface area (Å²) in [5.41, 5.74) is 1.95. The number of carbonyl (C=O) groups is 1. The molecule has 3 N–H and O–H groups in total. The van der Waals surface area contributed by atoms with Crippen molar-refractivity contribution in [2.75, 3.05) is 19.6 Å². The monoisotopic (exact) mass is 333 g/mol. The van der Waals surface area contributed by atoms with Gasteiger partial charge in [0.05, 0.1) is 5.60 Å². The van der Waals surface area contributed by atoms with Gasteiger partial charge in [-0.25, -0.2) is 0 Å². The molecule has 0 aromatic heterocycles. The summed E-state index contributed by atoms with van der Waals surface area (Å²) in [5, 5.41) is 16.0.